The SMILES string of the molecule is C1CCCC1.CC(C)P(=[N-])(C(C)C)C1c2cc(C(C)(C)C)ccc2-c2ccc(C(C)(C)C)cc21.[CH3-].[Cl][Ti][Cl]. The van der Waals surface area contributed by atoms with Crippen molar-refractivity contribution in [2.75, 3.05) is 0 Å². The standard InChI is InChI=1S/C27H39NP.C5H10.CH3.2ClH.Ti/c1-17(2)29(28,18(3)4)25-23-15-19(26(5,6)7)11-13-21(23)22-14-12-20(16-24(22)25)27(8,9)10;1-2-4-5-3-1;;;;/h11-18,25H,1-10H3;1-5H2;1H3;2*1H;/q-1;;-1;;;+2/p-2. The van der Waals surface area contributed by atoms with Gasteiger partial charge in [-0.15, -0.1) is 0 Å². The molecule has 0 heterocycles. The van der Waals surface area contributed by atoms with Gasteiger partial charge in [0.15, 0.2) is 0 Å². The van der Waals surface area contributed by atoms with Crippen molar-refractivity contribution < 1.29 is 17.0 Å². The summed E-state index contributed by atoms with van der Waals surface area (Å²) in [7, 11) is 7.51. The number of rotatable bonds is 3. The van der Waals surface area contributed by atoms with Gasteiger partial charge >= 0.3 is 35.6 Å². The van der Waals surface area contributed by atoms with E-state index in [2.05, 4.69) is 106 Å². The zero-order valence-electron chi connectivity index (χ0n) is 25.9. The van der Waals surface area contributed by atoms with Gasteiger partial charge in [0.25, 0.3) is 0 Å². The van der Waals surface area contributed by atoms with Crippen LogP contribution in [0.3, 0.4) is 0 Å². The van der Waals surface area contributed by atoms with E-state index in [1.54, 1.807) is 0 Å². The van der Waals surface area contributed by atoms with E-state index in [1.807, 2.05) is 0 Å². The third-order valence-corrected chi connectivity index (χ3v) is 12.7. The zero-order chi connectivity index (χ0) is 28.2. The molecule has 0 spiro atoms. The van der Waals surface area contributed by atoms with Crippen molar-refractivity contribution in [3.05, 3.63) is 71.2 Å². The number of benzene rings is 2. The Balaban J connectivity index is 0.000000694. The van der Waals surface area contributed by atoms with Crippen LogP contribution in [0.4, 0.5) is 0 Å². The Bertz CT molecular complexity index is 992. The summed E-state index contributed by atoms with van der Waals surface area (Å²) in [5, 5.41) is 12.3. The Kier molecular flexibility index (Phi) is 14.0. The molecule has 4 rings (SSSR count). The molecule has 1 nitrogen and oxygen atoms in total. The molecule has 214 valence electrons. The molecule has 0 atom stereocenters. The van der Waals surface area contributed by atoms with Crippen LogP contribution in [0.1, 0.15) is 129 Å². The third kappa shape index (κ3) is 8.26. The van der Waals surface area contributed by atoms with Crippen LogP contribution in [0, 0.1) is 7.43 Å². The van der Waals surface area contributed by atoms with Crippen LogP contribution in [-0.2, 0) is 27.9 Å². The molecule has 5 heteroatoms. The summed E-state index contributed by atoms with van der Waals surface area (Å²) < 4.78 is 0. The summed E-state index contributed by atoms with van der Waals surface area (Å²) in [6.07, 6.45) is 7.50. The molecule has 2 aliphatic rings. The molecule has 2 aromatic carbocycles. The number of nitrogens with zero attached hydrogens (tertiary/aromatic N) is 1. The Morgan fingerprint density at radius 1 is 0.711 bits per heavy atom. The van der Waals surface area contributed by atoms with Gasteiger partial charge in [-0.2, -0.15) is 0 Å². The van der Waals surface area contributed by atoms with Crippen LogP contribution in [0.2, 0.25) is 0 Å². The van der Waals surface area contributed by atoms with Crippen LogP contribution in [0.15, 0.2) is 36.4 Å². The molecule has 0 amide bonds. The van der Waals surface area contributed by atoms with Crippen LogP contribution in [0.5, 0.6) is 0 Å². The molecule has 0 N–H and O–H groups in total. The Morgan fingerprint density at radius 2 is 1.00 bits per heavy atom. The van der Waals surface area contributed by atoms with E-state index < -0.39 is 24.1 Å². The maximum absolute atomic E-state index is 12.3. The average Bonchev–Trinajstić information content (AvgIpc) is 3.47. The van der Waals surface area contributed by atoms with Crippen molar-refractivity contribution in [1.82, 2.24) is 0 Å². The van der Waals surface area contributed by atoms with Gasteiger partial charge < -0.3 is 12.6 Å². The molecule has 0 radical (unpaired) electrons. The summed E-state index contributed by atoms with van der Waals surface area (Å²) in [5.41, 5.74) is 8.86. The second-order valence-corrected chi connectivity index (χ2v) is 20.1. The number of hydrogen-bond acceptors (Lipinski definition) is 0. The van der Waals surface area contributed by atoms with Crippen molar-refractivity contribution in [2.24, 2.45) is 0 Å². The fraction of sp³-hybridized carbons (Fsp3) is 0.606. The van der Waals surface area contributed by atoms with Gasteiger partial charge in [-0.25, -0.2) is 7.05 Å². The molecule has 0 saturated heterocycles. The molecule has 38 heavy (non-hydrogen) atoms. The van der Waals surface area contributed by atoms with Gasteiger partial charge in [0, 0.05) is 5.66 Å². The van der Waals surface area contributed by atoms with Crippen LogP contribution in [0.25, 0.3) is 16.3 Å². The first-order chi connectivity index (χ1) is 17.1. The molecule has 0 aromatic heterocycles. The number of hydrogen-bond donors (Lipinski definition) is 0. The Hall–Kier alpha value is -0.0357. The predicted octanol–water partition coefficient (Wildman–Crippen LogP) is 12.7. The Morgan fingerprint density at radius 3 is 1.24 bits per heavy atom. The van der Waals surface area contributed by atoms with E-state index in [9.17, 15) is 5.16 Å². The molecular weight excluding hydrogens is 560 g/mol. The van der Waals surface area contributed by atoms with E-state index in [1.165, 1.54) is 65.5 Å². The van der Waals surface area contributed by atoms with Crippen LogP contribution in [-0.4, -0.2) is 11.3 Å². The molecule has 0 unspecified atom stereocenters. The molecule has 1 saturated carbocycles. The fourth-order valence-corrected chi connectivity index (χ4v) is 9.39. The second kappa shape index (κ2) is 14.7. The van der Waals surface area contributed by atoms with Gasteiger partial charge in [0.1, 0.15) is 0 Å². The summed E-state index contributed by atoms with van der Waals surface area (Å²) in [6.45, 7) is 22.5. The first kappa shape index (κ1) is 36.0. The van der Waals surface area contributed by atoms with Gasteiger partial charge in [-0.05, 0) is 55.5 Å². The minimum absolute atomic E-state index is 0. The minimum atomic E-state index is -2.27. The quantitative estimate of drug-likeness (QED) is 0.187. The molecule has 2 aromatic rings. The van der Waals surface area contributed by atoms with Crippen molar-refractivity contribution in [1.29, 1.82) is 0 Å². The number of fused-ring (bicyclic) bond motifs is 3. The summed E-state index contributed by atoms with van der Waals surface area (Å²) in [5.74, 6) is 0. The molecule has 0 aliphatic heterocycles. The van der Waals surface area contributed by atoms with Gasteiger partial charge in [-0.1, -0.05) is 138 Å². The Labute approximate surface area is 252 Å². The zero-order valence-corrected chi connectivity index (χ0v) is 29.8. The molecular formula is C33H52Cl2NPTi-2. The molecule has 1 fully saturated rings. The second-order valence-electron chi connectivity index (χ2n) is 13.3. The monoisotopic (exact) mass is 611 g/mol. The van der Waals surface area contributed by atoms with E-state index in [4.69, 9.17) is 18.6 Å². The molecule has 0 bridgehead atoms. The van der Waals surface area contributed by atoms with Crippen molar-refractivity contribution in [2.45, 2.75) is 129 Å². The van der Waals surface area contributed by atoms with E-state index in [-0.39, 0.29) is 35.2 Å². The summed E-state index contributed by atoms with van der Waals surface area (Å²) in [4.78, 5) is 0. The van der Waals surface area contributed by atoms with E-state index in [0.717, 1.165) is 0 Å². The fourth-order valence-electron chi connectivity index (χ4n) is 5.69. The topological polar surface area (TPSA) is 22.3 Å². The van der Waals surface area contributed by atoms with Crippen LogP contribution < -0.4 is 0 Å². The predicted molar refractivity (Wildman–Crippen MR) is 173 cm³/mol. The van der Waals surface area contributed by atoms with E-state index in [0.29, 0.717) is 0 Å². The first-order valence-corrected chi connectivity index (χ1v) is 20.2. The van der Waals surface area contributed by atoms with Gasteiger partial charge in [0.05, 0.1) is 0 Å². The molecule has 2 aliphatic carbocycles. The summed E-state index contributed by atoms with van der Waals surface area (Å²) >= 11 is -0.556. The van der Waals surface area contributed by atoms with Crippen molar-refractivity contribution in [3.8, 4) is 11.1 Å². The van der Waals surface area contributed by atoms with E-state index >= 15 is 0 Å². The maximum atomic E-state index is 12.3. The normalized spacial score (nSPS) is 15.1. The number of halogens is 2. The van der Waals surface area contributed by atoms with Crippen molar-refractivity contribution in [3.63, 3.8) is 0 Å². The van der Waals surface area contributed by atoms with Crippen molar-refractivity contribution >= 4 is 25.7 Å². The van der Waals surface area contributed by atoms with Gasteiger partial charge in [0.2, 0.25) is 0 Å². The first-order valence-electron chi connectivity index (χ1n) is 14.0. The third-order valence-electron chi connectivity index (χ3n) is 8.03. The van der Waals surface area contributed by atoms with Crippen LogP contribution >= 0.6 is 25.7 Å². The summed E-state index contributed by atoms with van der Waals surface area (Å²) in [6, 6.07) is 14.0. The van der Waals surface area contributed by atoms with Gasteiger partial charge in [-0.3, -0.25) is 0 Å². The average molecular weight is 613 g/mol.